The molecule has 1 saturated heterocycles. The molecule has 2 nitrogen and oxygen atoms in total. The van der Waals surface area contributed by atoms with Crippen molar-refractivity contribution in [1.29, 1.82) is 0 Å². The normalized spacial score (nSPS) is 20.4. The van der Waals surface area contributed by atoms with Crippen molar-refractivity contribution < 1.29 is 17.9 Å². The maximum absolute atomic E-state index is 12.8. The Morgan fingerprint density at radius 3 is 2.50 bits per heavy atom. The third kappa shape index (κ3) is 2.00. The minimum atomic E-state index is -4.33. The summed E-state index contributed by atoms with van der Waals surface area (Å²) < 4.78 is 43.2. The van der Waals surface area contributed by atoms with E-state index in [0.29, 0.717) is 5.56 Å². The third-order valence-electron chi connectivity index (χ3n) is 2.77. The van der Waals surface area contributed by atoms with Crippen molar-refractivity contribution in [2.24, 2.45) is 0 Å². The van der Waals surface area contributed by atoms with Gasteiger partial charge in [-0.25, -0.2) is 0 Å². The van der Waals surface area contributed by atoms with E-state index in [1.165, 1.54) is 13.2 Å². The van der Waals surface area contributed by atoms with E-state index >= 15 is 0 Å². The molecule has 88 valence electrons. The quantitative estimate of drug-likeness (QED) is 0.845. The fraction of sp³-hybridized carbons (Fsp3) is 0.455. The summed E-state index contributed by atoms with van der Waals surface area (Å²) in [7, 11) is 1.36. The van der Waals surface area contributed by atoms with Crippen LogP contribution in [0.5, 0.6) is 5.75 Å². The van der Waals surface area contributed by atoms with Crippen molar-refractivity contribution in [2.75, 3.05) is 13.7 Å². The molecular weight excluding hydrogens is 219 g/mol. The van der Waals surface area contributed by atoms with Crippen LogP contribution in [0, 0.1) is 0 Å². The highest BCUT2D eigenvalue weighted by molar-refractivity contribution is 5.40. The van der Waals surface area contributed by atoms with E-state index in [9.17, 15) is 13.2 Å². The third-order valence-corrected chi connectivity index (χ3v) is 2.77. The van der Waals surface area contributed by atoms with E-state index in [1.807, 2.05) is 0 Å². The molecule has 0 radical (unpaired) electrons. The van der Waals surface area contributed by atoms with Crippen LogP contribution in [0.1, 0.15) is 23.6 Å². The van der Waals surface area contributed by atoms with Crippen LogP contribution in [0.3, 0.4) is 0 Å². The van der Waals surface area contributed by atoms with Crippen LogP contribution in [0.4, 0.5) is 13.2 Å². The number of hydrogen-bond donors (Lipinski definition) is 1. The largest absolute Gasteiger partial charge is 0.497 e. The average Bonchev–Trinajstić information content (AvgIpc) is 2.14. The van der Waals surface area contributed by atoms with Crippen LogP contribution >= 0.6 is 0 Å². The highest BCUT2D eigenvalue weighted by Crippen LogP contribution is 2.38. The zero-order chi connectivity index (χ0) is 11.8. The van der Waals surface area contributed by atoms with Crippen LogP contribution in [0.2, 0.25) is 0 Å². The lowest BCUT2D eigenvalue weighted by atomic mass is 9.93. The number of rotatable bonds is 2. The van der Waals surface area contributed by atoms with E-state index in [4.69, 9.17) is 4.74 Å². The maximum Gasteiger partial charge on any atom is 0.416 e. The van der Waals surface area contributed by atoms with E-state index in [1.54, 1.807) is 6.07 Å². The van der Waals surface area contributed by atoms with Crippen molar-refractivity contribution in [3.8, 4) is 5.75 Å². The van der Waals surface area contributed by atoms with Gasteiger partial charge in [-0.2, -0.15) is 13.2 Å². The summed E-state index contributed by atoms with van der Waals surface area (Å²) >= 11 is 0. The van der Waals surface area contributed by atoms with Gasteiger partial charge in [0.2, 0.25) is 0 Å². The van der Waals surface area contributed by atoms with Crippen molar-refractivity contribution in [3.05, 3.63) is 29.3 Å². The van der Waals surface area contributed by atoms with Gasteiger partial charge in [0.05, 0.1) is 12.7 Å². The maximum atomic E-state index is 12.8. The number of alkyl halides is 3. The number of benzene rings is 1. The standard InChI is InChI=1S/C11H12F3NO/c1-16-7-2-3-8(10-4-5-15-10)9(6-7)11(12,13)14/h2-3,6,10,15H,4-5H2,1H3/t10-/m0/s1. The molecule has 1 aromatic rings. The smallest absolute Gasteiger partial charge is 0.416 e. The summed E-state index contributed by atoms with van der Waals surface area (Å²) in [5, 5.41) is 2.97. The second-order valence-electron chi connectivity index (χ2n) is 3.75. The summed E-state index contributed by atoms with van der Waals surface area (Å²) in [6.07, 6.45) is -3.59. The summed E-state index contributed by atoms with van der Waals surface area (Å²) in [4.78, 5) is 0. The van der Waals surface area contributed by atoms with Crippen LogP contribution < -0.4 is 10.1 Å². The molecule has 0 amide bonds. The van der Waals surface area contributed by atoms with Gasteiger partial charge in [-0.15, -0.1) is 0 Å². The Kier molecular flexibility index (Phi) is 2.80. The Bertz CT molecular complexity index is 385. The molecule has 0 saturated carbocycles. The van der Waals surface area contributed by atoms with Crippen molar-refractivity contribution in [2.45, 2.75) is 18.6 Å². The van der Waals surface area contributed by atoms with Crippen LogP contribution in [0.15, 0.2) is 18.2 Å². The number of methoxy groups -OCH3 is 1. The molecule has 1 atom stereocenters. The van der Waals surface area contributed by atoms with Gasteiger partial charge >= 0.3 is 6.18 Å². The van der Waals surface area contributed by atoms with Gasteiger partial charge < -0.3 is 10.1 Å². The molecule has 2 rings (SSSR count). The molecule has 1 N–H and O–H groups in total. The van der Waals surface area contributed by atoms with Gasteiger partial charge in [0.25, 0.3) is 0 Å². The molecule has 0 aliphatic carbocycles. The van der Waals surface area contributed by atoms with Gasteiger partial charge in [0.15, 0.2) is 0 Å². The molecule has 0 bridgehead atoms. The van der Waals surface area contributed by atoms with Crippen molar-refractivity contribution >= 4 is 0 Å². The first kappa shape index (κ1) is 11.3. The lowest BCUT2D eigenvalue weighted by molar-refractivity contribution is -0.138. The first-order valence-electron chi connectivity index (χ1n) is 5.01. The Labute approximate surface area is 91.4 Å². The molecule has 1 aliphatic heterocycles. The fourth-order valence-electron chi connectivity index (χ4n) is 1.77. The Morgan fingerprint density at radius 1 is 1.38 bits per heavy atom. The van der Waals surface area contributed by atoms with Crippen molar-refractivity contribution in [3.63, 3.8) is 0 Å². The number of ether oxygens (including phenoxy) is 1. The zero-order valence-corrected chi connectivity index (χ0v) is 8.77. The molecule has 5 heteroatoms. The van der Waals surface area contributed by atoms with E-state index < -0.39 is 11.7 Å². The van der Waals surface area contributed by atoms with Crippen LogP contribution in [0.25, 0.3) is 0 Å². The summed E-state index contributed by atoms with van der Waals surface area (Å²) in [5.74, 6) is 0.232. The molecule has 0 unspecified atom stereocenters. The van der Waals surface area contributed by atoms with Crippen molar-refractivity contribution in [1.82, 2.24) is 5.32 Å². The first-order valence-corrected chi connectivity index (χ1v) is 5.01. The summed E-state index contributed by atoms with van der Waals surface area (Å²) in [5.41, 5.74) is -0.302. The lowest BCUT2D eigenvalue weighted by Gasteiger charge is -2.30. The van der Waals surface area contributed by atoms with Gasteiger partial charge in [-0.05, 0) is 30.7 Å². The first-order chi connectivity index (χ1) is 7.52. The predicted octanol–water partition coefficient (Wildman–Crippen LogP) is 2.75. The molecule has 1 fully saturated rings. The lowest BCUT2D eigenvalue weighted by Crippen LogP contribution is -2.36. The fourth-order valence-corrected chi connectivity index (χ4v) is 1.77. The summed E-state index contributed by atoms with van der Waals surface area (Å²) in [6.45, 7) is 0.772. The van der Waals surface area contributed by atoms with Crippen LogP contribution in [-0.4, -0.2) is 13.7 Å². The Balaban J connectivity index is 2.42. The molecule has 1 aliphatic rings. The highest BCUT2D eigenvalue weighted by atomic mass is 19.4. The Morgan fingerprint density at radius 2 is 2.06 bits per heavy atom. The molecule has 1 aromatic carbocycles. The second kappa shape index (κ2) is 3.97. The zero-order valence-electron chi connectivity index (χ0n) is 8.77. The van der Waals surface area contributed by atoms with Gasteiger partial charge in [-0.1, -0.05) is 6.07 Å². The van der Waals surface area contributed by atoms with E-state index in [-0.39, 0.29) is 11.8 Å². The SMILES string of the molecule is COc1ccc([C@@H]2CCN2)c(C(F)(F)F)c1. The molecule has 0 spiro atoms. The minimum absolute atomic E-state index is 0.178. The van der Waals surface area contributed by atoms with Gasteiger partial charge in [0, 0.05) is 6.04 Å². The van der Waals surface area contributed by atoms with E-state index in [2.05, 4.69) is 5.32 Å². The molecular formula is C11H12F3NO. The average molecular weight is 231 g/mol. The second-order valence-corrected chi connectivity index (χ2v) is 3.75. The highest BCUT2D eigenvalue weighted by Gasteiger charge is 2.36. The topological polar surface area (TPSA) is 21.3 Å². The monoisotopic (exact) mass is 231 g/mol. The Hall–Kier alpha value is -1.23. The minimum Gasteiger partial charge on any atom is -0.497 e. The summed E-state index contributed by atoms with van der Waals surface area (Å²) in [6, 6.07) is 3.92. The number of nitrogens with one attached hydrogen (secondary N) is 1. The number of halogens is 3. The number of hydrogen-bond acceptors (Lipinski definition) is 2. The predicted molar refractivity (Wildman–Crippen MR) is 53.4 cm³/mol. The van der Waals surface area contributed by atoms with E-state index in [0.717, 1.165) is 19.0 Å². The van der Waals surface area contributed by atoms with Gasteiger partial charge in [0.1, 0.15) is 5.75 Å². The van der Waals surface area contributed by atoms with Crippen LogP contribution in [-0.2, 0) is 6.18 Å². The molecule has 1 heterocycles. The molecule has 16 heavy (non-hydrogen) atoms. The van der Waals surface area contributed by atoms with Gasteiger partial charge in [-0.3, -0.25) is 0 Å². The molecule has 0 aromatic heterocycles.